The molecular weight excluding hydrogens is 397 g/mol. The van der Waals surface area contributed by atoms with E-state index in [1.54, 1.807) is 11.8 Å². The van der Waals surface area contributed by atoms with Crippen molar-refractivity contribution in [3.63, 3.8) is 0 Å². The van der Waals surface area contributed by atoms with E-state index in [9.17, 15) is 5.11 Å². The summed E-state index contributed by atoms with van der Waals surface area (Å²) in [4.78, 5) is 0. The normalized spacial score (nSPS) is 13.6. The van der Waals surface area contributed by atoms with E-state index in [2.05, 4.69) is 44.8 Å². The smallest absolute Gasteiger partial charge is 0.107 e. The Bertz CT molecular complexity index is 204. The van der Waals surface area contributed by atoms with Crippen LogP contribution < -0.4 is 0 Å². The van der Waals surface area contributed by atoms with E-state index in [0.29, 0.717) is 0 Å². The van der Waals surface area contributed by atoms with Crippen molar-refractivity contribution in [3.8, 4) is 0 Å². The van der Waals surface area contributed by atoms with Gasteiger partial charge in [0.25, 0.3) is 0 Å². The molecule has 1 atom stereocenters. The highest BCUT2D eigenvalue weighted by Crippen LogP contribution is 2.39. The van der Waals surface area contributed by atoms with Gasteiger partial charge in [0, 0.05) is 39.9 Å². The second-order valence-corrected chi connectivity index (χ2v) is 10.5. The summed E-state index contributed by atoms with van der Waals surface area (Å²) in [5.41, 5.74) is -0.329. The molecule has 0 rings (SSSR count). The predicted octanol–water partition coefficient (Wildman–Crippen LogP) is 4.03. The monoisotopic (exact) mass is 424 g/mol. The molecule has 0 amide bonds. The van der Waals surface area contributed by atoms with Crippen LogP contribution in [0.2, 0.25) is 0 Å². The van der Waals surface area contributed by atoms with E-state index in [4.69, 9.17) is 0 Å². The van der Waals surface area contributed by atoms with Gasteiger partial charge in [0.05, 0.1) is 0 Å². The number of thiol groups is 3. The second kappa shape index (κ2) is 15.9. The van der Waals surface area contributed by atoms with Gasteiger partial charge in [-0.3, -0.25) is 0 Å². The minimum Gasteiger partial charge on any atom is -0.382 e. The van der Waals surface area contributed by atoms with Gasteiger partial charge >= 0.3 is 0 Å². The van der Waals surface area contributed by atoms with Gasteiger partial charge in [-0.05, 0) is 23.0 Å². The minimum atomic E-state index is -0.297. The maximum Gasteiger partial charge on any atom is 0.107 e. The molecular formula is C13H28OS7. The molecule has 21 heavy (non-hydrogen) atoms. The summed E-state index contributed by atoms with van der Waals surface area (Å²) in [6.07, 6.45) is 0. The van der Waals surface area contributed by atoms with E-state index < -0.39 is 0 Å². The fraction of sp³-hybridized carbons (Fsp3) is 1.00. The lowest BCUT2D eigenvalue weighted by atomic mass is 9.97. The summed E-state index contributed by atoms with van der Waals surface area (Å²) in [5, 5.41) is 10.7. The van der Waals surface area contributed by atoms with Crippen LogP contribution >= 0.6 is 84.9 Å². The highest BCUT2D eigenvalue weighted by molar-refractivity contribution is 8.02. The topological polar surface area (TPSA) is 20.2 Å². The maximum absolute atomic E-state index is 10.7. The summed E-state index contributed by atoms with van der Waals surface area (Å²) < 4.78 is 0. The lowest BCUT2D eigenvalue weighted by molar-refractivity contribution is 0.154. The first-order chi connectivity index (χ1) is 10.2. The Balaban J connectivity index is 4.77. The van der Waals surface area contributed by atoms with Gasteiger partial charge in [-0.25, -0.2) is 0 Å². The summed E-state index contributed by atoms with van der Waals surface area (Å²) in [6, 6.07) is 0. The van der Waals surface area contributed by atoms with Gasteiger partial charge in [-0.1, -0.05) is 6.92 Å². The fourth-order valence-corrected chi connectivity index (χ4v) is 7.60. The lowest BCUT2D eigenvalue weighted by Crippen LogP contribution is -2.41. The molecule has 0 saturated heterocycles. The van der Waals surface area contributed by atoms with E-state index >= 15 is 0 Å². The summed E-state index contributed by atoms with van der Waals surface area (Å²) in [7, 11) is 0. The van der Waals surface area contributed by atoms with Crippen molar-refractivity contribution < 1.29 is 5.11 Å². The van der Waals surface area contributed by atoms with Crippen LogP contribution in [0, 0.1) is 5.41 Å². The number of hydrogen-bond donors (Lipinski definition) is 4. The van der Waals surface area contributed by atoms with Crippen molar-refractivity contribution in [2.24, 2.45) is 5.41 Å². The van der Waals surface area contributed by atoms with E-state index in [1.807, 2.05) is 35.3 Å². The zero-order chi connectivity index (χ0) is 16.0. The molecule has 128 valence electrons. The highest BCUT2D eigenvalue weighted by Gasteiger charge is 2.37. The van der Waals surface area contributed by atoms with Gasteiger partial charge in [0.15, 0.2) is 0 Å². The maximum atomic E-state index is 10.7. The first-order valence-electron chi connectivity index (χ1n) is 7.02. The molecule has 8 heteroatoms. The summed E-state index contributed by atoms with van der Waals surface area (Å²) in [5.74, 6) is 9.77. The molecule has 0 aromatic rings. The number of rotatable bonds is 15. The van der Waals surface area contributed by atoms with Crippen molar-refractivity contribution in [2.75, 3.05) is 57.5 Å². The Morgan fingerprint density at radius 1 is 0.857 bits per heavy atom. The first-order valence-corrected chi connectivity index (χ1v) is 13.4. The van der Waals surface area contributed by atoms with Crippen molar-refractivity contribution in [3.05, 3.63) is 0 Å². The Morgan fingerprint density at radius 2 is 1.24 bits per heavy atom. The van der Waals surface area contributed by atoms with Crippen LogP contribution in [0.1, 0.15) is 6.92 Å². The summed E-state index contributed by atoms with van der Waals surface area (Å²) in [6.45, 7) is 2.11. The van der Waals surface area contributed by atoms with Crippen LogP contribution in [0.3, 0.4) is 0 Å². The number of thioether (sulfide) groups is 4. The highest BCUT2D eigenvalue weighted by atomic mass is 32.2. The minimum absolute atomic E-state index is 0.0322. The molecule has 0 spiro atoms. The molecule has 0 bridgehead atoms. The van der Waals surface area contributed by atoms with Gasteiger partial charge in [0.1, 0.15) is 5.44 Å². The zero-order valence-electron chi connectivity index (χ0n) is 12.6. The van der Waals surface area contributed by atoms with Gasteiger partial charge in [-0.2, -0.15) is 73.2 Å². The average Bonchev–Trinajstić information content (AvgIpc) is 2.47. The van der Waals surface area contributed by atoms with Crippen LogP contribution in [-0.4, -0.2) is 68.1 Å². The molecule has 0 heterocycles. The van der Waals surface area contributed by atoms with Crippen LogP contribution in [-0.2, 0) is 0 Å². The molecule has 0 saturated carbocycles. The third kappa shape index (κ3) is 10.8. The van der Waals surface area contributed by atoms with Crippen molar-refractivity contribution in [1.29, 1.82) is 0 Å². The molecule has 0 aliphatic carbocycles. The Hall–Kier alpha value is 2.41. The van der Waals surface area contributed by atoms with Crippen LogP contribution in [0.25, 0.3) is 0 Å². The number of aliphatic hydroxyl groups excluding tert-OH is 1. The molecule has 0 aromatic heterocycles. The van der Waals surface area contributed by atoms with Crippen LogP contribution in [0.5, 0.6) is 0 Å². The van der Waals surface area contributed by atoms with Crippen LogP contribution in [0.4, 0.5) is 0 Å². The molecule has 1 nitrogen and oxygen atoms in total. The number of aliphatic hydroxyl groups is 1. The predicted molar refractivity (Wildman–Crippen MR) is 120 cm³/mol. The quantitative estimate of drug-likeness (QED) is 0.180. The van der Waals surface area contributed by atoms with Gasteiger partial charge in [0.2, 0.25) is 0 Å². The van der Waals surface area contributed by atoms with Gasteiger partial charge in [-0.15, -0.1) is 11.8 Å². The molecule has 0 radical (unpaired) electrons. The van der Waals surface area contributed by atoms with E-state index in [0.717, 1.165) is 57.5 Å². The molecule has 0 aliphatic rings. The largest absolute Gasteiger partial charge is 0.382 e. The zero-order valence-corrected chi connectivity index (χ0v) is 18.5. The third-order valence-electron chi connectivity index (χ3n) is 2.72. The second-order valence-electron chi connectivity index (χ2n) is 4.50. The SMILES string of the molecule is CCSC(O)C(CSCCS)(CSCCS)CSCCS. The van der Waals surface area contributed by atoms with Crippen molar-refractivity contribution >= 4 is 84.9 Å². The molecule has 0 aliphatic heterocycles. The van der Waals surface area contributed by atoms with E-state index in [1.165, 1.54) is 0 Å². The molecule has 0 aromatic carbocycles. The Labute approximate surface area is 164 Å². The first kappa shape index (κ1) is 23.4. The Morgan fingerprint density at radius 3 is 1.52 bits per heavy atom. The fourth-order valence-electron chi connectivity index (χ4n) is 1.69. The standard InChI is InChI=1S/C13H28OS7/c1-2-21-12(14)13(9-18-6-3-15,10-19-7-4-16)11-20-8-5-17/h12,14-17H,2-11H2,1H3. The average molecular weight is 425 g/mol. The molecule has 0 fully saturated rings. The summed E-state index contributed by atoms with van der Waals surface area (Å²) >= 11 is 20.3. The number of hydrogen-bond acceptors (Lipinski definition) is 8. The van der Waals surface area contributed by atoms with Crippen molar-refractivity contribution in [1.82, 2.24) is 0 Å². The third-order valence-corrected chi connectivity index (χ3v) is 9.27. The lowest BCUT2D eigenvalue weighted by Gasteiger charge is -2.37. The molecule has 1 unspecified atom stereocenters. The van der Waals surface area contributed by atoms with Crippen molar-refractivity contribution in [2.45, 2.75) is 12.4 Å². The van der Waals surface area contributed by atoms with Crippen LogP contribution in [0.15, 0.2) is 0 Å². The molecule has 1 N–H and O–H groups in total. The van der Waals surface area contributed by atoms with E-state index in [-0.39, 0.29) is 10.9 Å². The van der Waals surface area contributed by atoms with Gasteiger partial charge < -0.3 is 5.11 Å². The Kier molecular flexibility index (Phi) is 17.7.